The number of rotatable bonds is 6. The summed E-state index contributed by atoms with van der Waals surface area (Å²) in [5.74, 6) is 0.827. The van der Waals surface area contributed by atoms with Gasteiger partial charge in [0.25, 0.3) is 5.91 Å². The molecule has 0 aliphatic heterocycles. The lowest BCUT2D eigenvalue weighted by Crippen LogP contribution is -2.24. The zero-order valence-electron chi connectivity index (χ0n) is 12.6. The summed E-state index contributed by atoms with van der Waals surface area (Å²) < 4.78 is 12.1. The molecule has 24 heavy (non-hydrogen) atoms. The average molecular weight is 477 g/mol. The summed E-state index contributed by atoms with van der Waals surface area (Å²) in [7, 11) is 1.58. The summed E-state index contributed by atoms with van der Waals surface area (Å²) in [5.41, 5.74) is 3.18. The summed E-state index contributed by atoms with van der Waals surface area (Å²) >= 11 is 12.6. The van der Waals surface area contributed by atoms with E-state index >= 15 is 0 Å². The predicted octanol–water partition coefficient (Wildman–Crippen LogP) is 4.40. The summed E-state index contributed by atoms with van der Waals surface area (Å²) in [4.78, 5) is 11.7. The maximum absolute atomic E-state index is 11.7. The number of amides is 1. The number of carbonyl (C=O) groups excluding carboxylic acids is 1. The summed E-state index contributed by atoms with van der Waals surface area (Å²) in [6.07, 6.45) is 1.52. The van der Waals surface area contributed by atoms with Crippen LogP contribution in [0.3, 0.4) is 0 Å². The van der Waals surface area contributed by atoms with Gasteiger partial charge in [-0.25, -0.2) is 5.43 Å². The maximum atomic E-state index is 11.7. The lowest BCUT2D eigenvalue weighted by atomic mass is 10.2. The van der Waals surface area contributed by atoms with Crippen LogP contribution in [-0.4, -0.2) is 25.8 Å². The van der Waals surface area contributed by atoms with Crippen LogP contribution in [0.5, 0.6) is 11.5 Å². The Balaban J connectivity index is 1.88. The minimum atomic E-state index is -0.377. The zero-order chi connectivity index (χ0) is 17.5. The molecule has 0 fully saturated rings. The first-order valence-electron chi connectivity index (χ1n) is 6.73. The van der Waals surface area contributed by atoms with Crippen molar-refractivity contribution in [2.45, 2.75) is 0 Å². The standard InChI is InChI=1S/C16H13Br2ClN2O3/c1-23-16-13(17)5-10(6-14(16)18)8-20-21-15(22)9-24-12-4-2-3-11(19)7-12/h2-8H,9H2,1H3,(H,21,22). The van der Waals surface area contributed by atoms with Crippen molar-refractivity contribution in [2.75, 3.05) is 13.7 Å². The average Bonchev–Trinajstić information content (AvgIpc) is 2.53. The van der Waals surface area contributed by atoms with Crippen molar-refractivity contribution in [3.05, 3.63) is 55.9 Å². The van der Waals surface area contributed by atoms with Crippen molar-refractivity contribution in [3.8, 4) is 11.5 Å². The minimum absolute atomic E-state index is 0.159. The van der Waals surface area contributed by atoms with Gasteiger partial charge in [0.15, 0.2) is 6.61 Å². The highest BCUT2D eigenvalue weighted by Gasteiger charge is 2.07. The highest BCUT2D eigenvalue weighted by Crippen LogP contribution is 2.33. The smallest absolute Gasteiger partial charge is 0.277 e. The third-order valence-electron chi connectivity index (χ3n) is 2.79. The fraction of sp³-hybridized carbons (Fsp3) is 0.125. The number of hydrogen-bond acceptors (Lipinski definition) is 4. The molecule has 2 aromatic rings. The largest absolute Gasteiger partial charge is 0.494 e. The molecule has 0 aliphatic carbocycles. The van der Waals surface area contributed by atoms with Gasteiger partial charge in [-0.3, -0.25) is 4.79 Å². The third-order valence-corrected chi connectivity index (χ3v) is 4.21. The van der Waals surface area contributed by atoms with Gasteiger partial charge in [-0.05, 0) is 67.8 Å². The number of ether oxygens (including phenoxy) is 2. The molecular weight excluding hydrogens is 463 g/mol. The van der Waals surface area contributed by atoms with Crippen LogP contribution in [0, 0.1) is 0 Å². The van der Waals surface area contributed by atoms with Crippen LogP contribution >= 0.6 is 43.5 Å². The number of halogens is 3. The Labute approximate surface area is 161 Å². The van der Waals surface area contributed by atoms with Crippen LogP contribution in [0.25, 0.3) is 0 Å². The number of carbonyl (C=O) groups is 1. The fourth-order valence-corrected chi connectivity index (χ4v) is 3.49. The summed E-state index contributed by atoms with van der Waals surface area (Å²) in [6, 6.07) is 10.5. The Morgan fingerprint density at radius 3 is 2.62 bits per heavy atom. The molecule has 0 heterocycles. The Morgan fingerprint density at radius 1 is 1.29 bits per heavy atom. The van der Waals surface area contributed by atoms with Crippen molar-refractivity contribution >= 4 is 55.6 Å². The van der Waals surface area contributed by atoms with Crippen molar-refractivity contribution < 1.29 is 14.3 Å². The highest BCUT2D eigenvalue weighted by molar-refractivity contribution is 9.11. The van der Waals surface area contributed by atoms with Crippen molar-refractivity contribution in [2.24, 2.45) is 5.10 Å². The number of hydrazone groups is 1. The van der Waals surface area contributed by atoms with E-state index in [0.29, 0.717) is 16.5 Å². The second kappa shape index (κ2) is 9.05. The number of benzene rings is 2. The van der Waals surface area contributed by atoms with E-state index in [1.54, 1.807) is 31.4 Å². The zero-order valence-corrected chi connectivity index (χ0v) is 16.5. The van der Waals surface area contributed by atoms with Crippen LogP contribution in [0.15, 0.2) is 50.4 Å². The quantitative estimate of drug-likeness (QED) is 0.497. The molecule has 2 aromatic carbocycles. The monoisotopic (exact) mass is 474 g/mol. The van der Waals surface area contributed by atoms with E-state index in [-0.39, 0.29) is 12.5 Å². The molecule has 0 unspecified atom stereocenters. The van der Waals surface area contributed by atoms with Crippen molar-refractivity contribution in [1.29, 1.82) is 0 Å². The molecule has 5 nitrogen and oxygen atoms in total. The van der Waals surface area contributed by atoms with Gasteiger partial charge in [0, 0.05) is 5.02 Å². The van der Waals surface area contributed by atoms with Crippen LogP contribution in [0.1, 0.15) is 5.56 Å². The number of methoxy groups -OCH3 is 1. The lowest BCUT2D eigenvalue weighted by Gasteiger charge is -2.07. The fourth-order valence-electron chi connectivity index (χ4n) is 1.77. The van der Waals surface area contributed by atoms with Crippen LogP contribution < -0.4 is 14.9 Å². The maximum Gasteiger partial charge on any atom is 0.277 e. The molecule has 0 aliphatic rings. The van der Waals surface area contributed by atoms with Crippen LogP contribution in [0.2, 0.25) is 5.02 Å². The van der Waals surface area contributed by atoms with Gasteiger partial charge in [0.1, 0.15) is 11.5 Å². The summed E-state index contributed by atoms with van der Waals surface area (Å²) in [6.45, 7) is -0.159. The normalized spacial score (nSPS) is 10.7. The Morgan fingerprint density at radius 2 is 2.00 bits per heavy atom. The van der Waals surface area contributed by atoms with E-state index in [0.717, 1.165) is 14.5 Å². The predicted molar refractivity (Wildman–Crippen MR) is 101 cm³/mol. The topological polar surface area (TPSA) is 59.9 Å². The van der Waals surface area contributed by atoms with Gasteiger partial charge < -0.3 is 9.47 Å². The Kier molecular flexibility index (Phi) is 7.08. The van der Waals surface area contributed by atoms with Gasteiger partial charge in [-0.1, -0.05) is 17.7 Å². The first kappa shape index (κ1) is 18.8. The van der Waals surface area contributed by atoms with Gasteiger partial charge in [-0.15, -0.1) is 0 Å². The number of nitrogens with zero attached hydrogens (tertiary/aromatic N) is 1. The van der Waals surface area contributed by atoms with Crippen LogP contribution in [-0.2, 0) is 4.79 Å². The van der Waals surface area contributed by atoms with Crippen molar-refractivity contribution in [1.82, 2.24) is 5.43 Å². The molecular formula is C16H13Br2ClN2O3. The van der Waals surface area contributed by atoms with E-state index in [9.17, 15) is 4.79 Å². The molecule has 1 amide bonds. The molecule has 1 N–H and O–H groups in total. The van der Waals surface area contributed by atoms with Gasteiger partial charge in [-0.2, -0.15) is 5.10 Å². The number of nitrogens with one attached hydrogen (secondary N) is 1. The van der Waals surface area contributed by atoms with Gasteiger partial charge >= 0.3 is 0 Å². The van der Waals surface area contributed by atoms with Crippen molar-refractivity contribution in [3.63, 3.8) is 0 Å². The summed E-state index contributed by atoms with van der Waals surface area (Å²) in [5, 5.41) is 4.44. The molecule has 0 spiro atoms. The van der Waals surface area contributed by atoms with E-state index in [1.165, 1.54) is 6.21 Å². The molecule has 0 aromatic heterocycles. The third kappa shape index (κ3) is 5.51. The second-order valence-electron chi connectivity index (χ2n) is 4.56. The first-order valence-corrected chi connectivity index (χ1v) is 8.69. The molecule has 126 valence electrons. The molecule has 8 heteroatoms. The minimum Gasteiger partial charge on any atom is -0.494 e. The molecule has 0 saturated carbocycles. The van der Waals surface area contributed by atoms with E-state index in [2.05, 4.69) is 42.4 Å². The van der Waals surface area contributed by atoms with E-state index in [1.807, 2.05) is 12.1 Å². The first-order chi connectivity index (χ1) is 11.5. The lowest BCUT2D eigenvalue weighted by molar-refractivity contribution is -0.123. The Bertz CT molecular complexity index is 746. The second-order valence-corrected chi connectivity index (χ2v) is 6.70. The molecule has 0 bridgehead atoms. The molecule has 0 radical (unpaired) electrons. The van der Waals surface area contributed by atoms with E-state index in [4.69, 9.17) is 21.1 Å². The molecule has 0 atom stereocenters. The number of hydrogen-bond donors (Lipinski definition) is 1. The highest BCUT2D eigenvalue weighted by atomic mass is 79.9. The van der Waals surface area contributed by atoms with Gasteiger partial charge in [0.2, 0.25) is 0 Å². The van der Waals surface area contributed by atoms with Crippen LogP contribution in [0.4, 0.5) is 0 Å². The SMILES string of the molecule is COc1c(Br)cc(C=NNC(=O)COc2cccc(Cl)c2)cc1Br. The van der Waals surface area contributed by atoms with E-state index < -0.39 is 0 Å². The van der Waals surface area contributed by atoms with Gasteiger partial charge in [0.05, 0.1) is 22.3 Å². The molecule has 2 rings (SSSR count). The Hall–Kier alpha value is -1.57. The molecule has 0 saturated heterocycles.